The molecular weight excluding hydrogens is 335 g/mol. The average molecular weight is 364 g/mol. The summed E-state index contributed by atoms with van der Waals surface area (Å²) in [6, 6.07) is 6.09. The first-order chi connectivity index (χ1) is 12.2. The molecule has 0 N–H and O–H groups in total. The fraction of sp³-hybridized carbons (Fsp3) is 0.600. The molecule has 26 heavy (non-hydrogen) atoms. The molecule has 0 spiro atoms. The van der Waals surface area contributed by atoms with Crippen LogP contribution >= 0.6 is 0 Å². The van der Waals surface area contributed by atoms with E-state index >= 15 is 0 Å². The van der Waals surface area contributed by atoms with Gasteiger partial charge >= 0.3 is 0 Å². The topological polar surface area (TPSA) is 49.9 Å². The van der Waals surface area contributed by atoms with Crippen LogP contribution < -0.4 is 0 Å². The van der Waals surface area contributed by atoms with E-state index in [2.05, 4.69) is 0 Å². The first kappa shape index (κ1) is 20.4. The van der Waals surface area contributed by atoms with Crippen LogP contribution in [0, 0.1) is 11.7 Å². The number of halogens is 1. The minimum atomic E-state index is -0.920. The number of hydrogen-bond acceptors (Lipinski definition) is 3. The van der Waals surface area contributed by atoms with Gasteiger partial charge in [0, 0.05) is 33.2 Å². The fourth-order valence-corrected chi connectivity index (χ4v) is 3.19. The SMILES string of the molecule is COC(C)(C)C(=O)N1CCC(=O)N(Cc2ccc(F)cc2)C(C(C)C)C1. The molecule has 1 aromatic carbocycles. The standard InChI is InChI=1S/C20H29FN2O3/c1-14(2)17-13-22(19(25)20(3,4)26-5)11-10-18(24)23(17)12-15-6-8-16(21)9-7-15/h6-9,14,17H,10-13H2,1-5H3. The van der Waals surface area contributed by atoms with Crippen molar-refractivity contribution in [3.63, 3.8) is 0 Å². The van der Waals surface area contributed by atoms with Crippen LogP contribution in [-0.2, 0) is 20.9 Å². The number of methoxy groups -OCH3 is 1. The van der Waals surface area contributed by atoms with Crippen LogP contribution in [0.1, 0.15) is 39.7 Å². The molecular formula is C20H29FN2O3. The molecule has 1 heterocycles. The van der Waals surface area contributed by atoms with Gasteiger partial charge in [-0.1, -0.05) is 26.0 Å². The smallest absolute Gasteiger partial charge is 0.254 e. The molecule has 0 aliphatic carbocycles. The van der Waals surface area contributed by atoms with E-state index in [1.165, 1.54) is 19.2 Å². The Balaban J connectivity index is 2.24. The van der Waals surface area contributed by atoms with Gasteiger partial charge in [0.1, 0.15) is 11.4 Å². The maximum Gasteiger partial charge on any atom is 0.254 e. The maximum absolute atomic E-state index is 13.2. The van der Waals surface area contributed by atoms with E-state index in [9.17, 15) is 14.0 Å². The molecule has 6 heteroatoms. The summed E-state index contributed by atoms with van der Waals surface area (Å²) in [7, 11) is 1.52. The molecule has 1 saturated heterocycles. The summed E-state index contributed by atoms with van der Waals surface area (Å²) in [5, 5.41) is 0. The molecule has 0 aromatic heterocycles. The van der Waals surface area contributed by atoms with Gasteiger partial charge in [-0.3, -0.25) is 9.59 Å². The van der Waals surface area contributed by atoms with Crippen molar-refractivity contribution in [1.82, 2.24) is 9.80 Å². The summed E-state index contributed by atoms with van der Waals surface area (Å²) < 4.78 is 18.5. The third kappa shape index (κ3) is 4.61. The normalized spacial score (nSPS) is 19.0. The van der Waals surface area contributed by atoms with Gasteiger partial charge in [-0.25, -0.2) is 4.39 Å². The quantitative estimate of drug-likeness (QED) is 0.807. The lowest BCUT2D eigenvalue weighted by molar-refractivity contribution is -0.151. The Kier molecular flexibility index (Phi) is 6.39. The zero-order valence-electron chi connectivity index (χ0n) is 16.3. The summed E-state index contributed by atoms with van der Waals surface area (Å²) in [4.78, 5) is 29.1. The number of amides is 2. The predicted octanol–water partition coefficient (Wildman–Crippen LogP) is 2.84. The third-order valence-electron chi connectivity index (χ3n) is 5.07. The second-order valence-electron chi connectivity index (χ2n) is 7.68. The van der Waals surface area contributed by atoms with E-state index in [-0.39, 0.29) is 36.0 Å². The van der Waals surface area contributed by atoms with Crippen LogP contribution in [0.4, 0.5) is 4.39 Å². The fourth-order valence-electron chi connectivity index (χ4n) is 3.19. The molecule has 2 amide bonds. The van der Waals surface area contributed by atoms with Crippen LogP contribution in [0.15, 0.2) is 24.3 Å². The Hall–Kier alpha value is -1.95. The van der Waals surface area contributed by atoms with Crippen molar-refractivity contribution >= 4 is 11.8 Å². The van der Waals surface area contributed by atoms with Gasteiger partial charge in [-0.05, 0) is 37.5 Å². The largest absolute Gasteiger partial charge is 0.369 e. The maximum atomic E-state index is 13.2. The van der Waals surface area contributed by atoms with Crippen LogP contribution in [0.3, 0.4) is 0 Å². The van der Waals surface area contributed by atoms with E-state index in [4.69, 9.17) is 4.74 Å². The Bertz CT molecular complexity index is 643. The van der Waals surface area contributed by atoms with Crippen LogP contribution in [0.5, 0.6) is 0 Å². The molecule has 2 rings (SSSR count). The number of hydrogen-bond donors (Lipinski definition) is 0. The van der Waals surface area contributed by atoms with Gasteiger partial charge in [-0.15, -0.1) is 0 Å². The molecule has 1 aliphatic heterocycles. The van der Waals surface area contributed by atoms with Gasteiger partial charge in [0.2, 0.25) is 5.91 Å². The highest BCUT2D eigenvalue weighted by Gasteiger charge is 2.38. The highest BCUT2D eigenvalue weighted by molar-refractivity contribution is 5.86. The Morgan fingerprint density at radius 2 is 1.92 bits per heavy atom. The summed E-state index contributed by atoms with van der Waals surface area (Å²) in [5.74, 6) is -0.214. The van der Waals surface area contributed by atoms with E-state index in [1.54, 1.807) is 30.9 Å². The van der Waals surface area contributed by atoms with E-state index in [0.29, 0.717) is 19.6 Å². The summed E-state index contributed by atoms with van der Waals surface area (Å²) in [6.07, 6.45) is 0.274. The Morgan fingerprint density at radius 1 is 1.31 bits per heavy atom. The molecule has 0 radical (unpaired) electrons. The van der Waals surface area contributed by atoms with Gasteiger partial charge in [0.25, 0.3) is 5.91 Å². The monoisotopic (exact) mass is 364 g/mol. The van der Waals surface area contributed by atoms with Crippen molar-refractivity contribution < 1.29 is 18.7 Å². The Labute approximate surface area is 155 Å². The molecule has 0 bridgehead atoms. The van der Waals surface area contributed by atoms with Gasteiger partial charge < -0.3 is 14.5 Å². The predicted molar refractivity (Wildman–Crippen MR) is 97.9 cm³/mol. The molecule has 0 saturated carbocycles. The van der Waals surface area contributed by atoms with E-state index in [1.807, 2.05) is 18.7 Å². The second kappa shape index (κ2) is 8.16. The lowest BCUT2D eigenvalue weighted by atomic mass is 10.00. The zero-order chi connectivity index (χ0) is 19.5. The number of benzene rings is 1. The van der Waals surface area contributed by atoms with Crippen molar-refractivity contribution in [2.24, 2.45) is 5.92 Å². The number of nitrogens with zero attached hydrogens (tertiary/aromatic N) is 2. The lowest BCUT2D eigenvalue weighted by Crippen LogP contribution is -2.51. The Morgan fingerprint density at radius 3 is 2.46 bits per heavy atom. The molecule has 5 nitrogen and oxygen atoms in total. The molecule has 1 aromatic rings. The first-order valence-corrected chi connectivity index (χ1v) is 9.04. The van der Waals surface area contributed by atoms with E-state index < -0.39 is 5.60 Å². The second-order valence-corrected chi connectivity index (χ2v) is 7.68. The van der Waals surface area contributed by atoms with Crippen molar-refractivity contribution in [2.75, 3.05) is 20.2 Å². The van der Waals surface area contributed by atoms with Crippen molar-refractivity contribution in [2.45, 2.75) is 52.3 Å². The number of carbonyl (C=O) groups excluding carboxylic acids is 2. The highest BCUT2D eigenvalue weighted by atomic mass is 19.1. The summed E-state index contributed by atoms with van der Waals surface area (Å²) in [6.45, 7) is 8.84. The highest BCUT2D eigenvalue weighted by Crippen LogP contribution is 2.23. The van der Waals surface area contributed by atoms with Gasteiger partial charge in [0.15, 0.2) is 0 Å². The molecule has 144 valence electrons. The summed E-state index contributed by atoms with van der Waals surface area (Å²) in [5.41, 5.74) is -0.0427. The van der Waals surface area contributed by atoms with Crippen molar-refractivity contribution in [3.05, 3.63) is 35.6 Å². The number of rotatable bonds is 5. The average Bonchev–Trinajstić information content (AvgIpc) is 2.76. The lowest BCUT2D eigenvalue weighted by Gasteiger charge is -2.36. The molecule has 1 atom stereocenters. The molecule has 1 unspecified atom stereocenters. The zero-order valence-corrected chi connectivity index (χ0v) is 16.3. The van der Waals surface area contributed by atoms with Gasteiger partial charge in [0.05, 0.1) is 6.04 Å². The van der Waals surface area contributed by atoms with Crippen molar-refractivity contribution in [1.29, 1.82) is 0 Å². The minimum absolute atomic E-state index is 0.0125. The van der Waals surface area contributed by atoms with E-state index in [0.717, 1.165) is 5.56 Å². The minimum Gasteiger partial charge on any atom is -0.369 e. The summed E-state index contributed by atoms with van der Waals surface area (Å²) >= 11 is 0. The number of ether oxygens (including phenoxy) is 1. The molecule has 1 fully saturated rings. The van der Waals surface area contributed by atoms with Crippen LogP contribution in [0.25, 0.3) is 0 Å². The first-order valence-electron chi connectivity index (χ1n) is 9.04. The number of carbonyl (C=O) groups is 2. The molecule has 1 aliphatic rings. The van der Waals surface area contributed by atoms with Crippen LogP contribution in [-0.4, -0.2) is 53.5 Å². The van der Waals surface area contributed by atoms with Gasteiger partial charge in [-0.2, -0.15) is 0 Å². The van der Waals surface area contributed by atoms with Crippen molar-refractivity contribution in [3.8, 4) is 0 Å². The third-order valence-corrected chi connectivity index (χ3v) is 5.07. The van der Waals surface area contributed by atoms with Crippen LogP contribution in [0.2, 0.25) is 0 Å².